The lowest BCUT2D eigenvalue weighted by Gasteiger charge is -2.09. The van der Waals surface area contributed by atoms with Crippen LogP contribution in [-0.4, -0.2) is 21.1 Å². The number of pyridine rings is 1. The van der Waals surface area contributed by atoms with Crippen LogP contribution in [0.3, 0.4) is 0 Å². The first-order valence-electron chi connectivity index (χ1n) is 6.33. The van der Waals surface area contributed by atoms with E-state index in [4.69, 9.17) is 0 Å². The maximum atomic E-state index is 4.52. The fraction of sp³-hybridized carbons (Fsp3) is 0.538. The summed E-state index contributed by atoms with van der Waals surface area (Å²) in [5, 5.41) is 8.03. The smallest absolute Gasteiger partial charge is 0.155 e. The van der Waals surface area contributed by atoms with Gasteiger partial charge in [0.15, 0.2) is 11.5 Å². The molecular formula is C13H18N4. The minimum atomic E-state index is 0.378. The van der Waals surface area contributed by atoms with Gasteiger partial charge in [-0.3, -0.25) is 0 Å². The molecule has 3 rings (SSSR count). The third-order valence-corrected chi connectivity index (χ3v) is 3.35. The Kier molecular flexibility index (Phi) is 2.59. The SMILES string of the molecule is CC(C)c1nc2ccc(C3CCCN3)cn2n1. The fourth-order valence-electron chi connectivity index (χ4n) is 2.34. The second kappa shape index (κ2) is 4.11. The molecule has 0 aliphatic carbocycles. The lowest BCUT2D eigenvalue weighted by molar-refractivity contribution is 0.641. The molecule has 0 spiro atoms. The summed E-state index contributed by atoms with van der Waals surface area (Å²) < 4.78 is 1.91. The van der Waals surface area contributed by atoms with Crippen molar-refractivity contribution in [1.82, 2.24) is 19.9 Å². The first-order valence-corrected chi connectivity index (χ1v) is 6.33. The van der Waals surface area contributed by atoms with Crippen LogP contribution in [0, 0.1) is 0 Å². The largest absolute Gasteiger partial charge is 0.310 e. The molecule has 2 aromatic rings. The molecule has 3 heterocycles. The average molecular weight is 230 g/mol. The number of fused-ring (bicyclic) bond motifs is 1. The van der Waals surface area contributed by atoms with Gasteiger partial charge in [0.05, 0.1) is 0 Å². The van der Waals surface area contributed by atoms with E-state index in [0.717, 1.165) is 18.0 Å². The highest BCUT2D eigenvalue weighted by Gasteiger charge is 2.17. The third kappa shape index (κ3) is 1.93. The molecule has 0 saturated carbocycles. The van der Waals surface area contributed by atoms with Gasteiger partial charge < -0.3 is 5.32 Å². The molecule has 0 amide bonds. The van der Waals surface area contributed by atoms with Crippen molar-refractivity contribution in [2.24, 2.45) is 0 Å². The van der Waals surface area contributed by atoms with Crippen LogP contribution in [0.5, 0.6) is 0 Å². The zero-order chi connectivity index (χ0) is 11.8. The van der Waals surface area contributed by atoms with Crippen molar-refractivity contribution >= 4 is 5.65 Å². The van der Waals surface area contributed by atoms with Gasteiger partial charge in [-0.1, -0.05) is 19.9 Å². The highest BCUT2D eigenvalue weighted by atomic mass is 15.3. The van der Waals surface area contributed by atoms with Crippen molar-refractivity contribution in [3.8, 4) is 0 Å². The summed E-state index contributed by atoms with van der Waals surface area (Å²) in [6.45, 7) is 5.36. The molecule has 0 aromatic carbocycles. The van der Waals surface area contributed by atoms with Crippen LogP contribution < -0.4 is 5.32 Å². The van der Waals surface area contributed by atoms with Gasteiger partial charge in [0.25, 0.3) is 0 Å². The Morgan fingerprint density at radius 3 is 3.00 bits per heavy atom. The number of nitrogens with zero attached hydrogens (tertiary/aromatic N) is 3. The molecule has 4 heteroatoms. The van der Waals surface area contributed by atoms with E-state index < -0.39 is 0 Å². The lowest BCUT2D eigenvalue weighted by atomic mass is 10.1. The van der Waals surface area contributed by atoms with Crippen molar-refractivity contribution in [3.05, 3.63) is 29.7 Å². The highest BCUT2D eigenvalue weighted by Crippen LogP contribution is 2.23. The quantitative estimate of drug-likeness (QED) is 0.860. The van der Waals surface area contributed by atoms with E-state index in [1.165, 1.54) is 18.4 Å². The number of nitrogens with one attached hydrogen (secondary N) is 1. The molecule has 1 saturated heterocycles. The molecule has 1 N–H and O–H groups in total. The highest BCUT2D eigenvalue weighted by molar-refractivity contribution is 5.39. The Bertz CT molecular complexity index is 523. The molecule has 1 fully saturated rings. The number of hydrogen-bond acceptors (Lipinski definition) is 3. The maximum Gasteiger partial charge on any atom is 0.155 e. The van der Waals surface area contributed by atoms with Crippen LogP contribution in [0.15, 0.2) is 18.3 Å². The molecule has 2 aromatic heterocycles. The van der Waals surface area contributed by atoms with Crippen LogP contribution in [0.4, 0.5) is 0 Å². The molecule has 17 heavy (non-hydrogen) atoms. The standard InChI is InChI=1S/C13H18N4/c1-9(2)13-15-12-6-5-10(8-17(12)16-13)11-4-3-7-14-11/h5-6,8-9,11,14H,3-4,7H2,1-2H3. The van der Waals surface area contributed by atoms with E-state index in [2.05, 4.69) is 47.6 Å². The molecule has 4 nitrogen and oxygen atoms in total. The lowest BCUT2D eigenvalue weighted by Crippen LogP contribution is -2.13. The minimum Gasteiger partial charge on any atom is -0.310 e. The van der Waals surface area contributed by atoms with Gasteiger partial charge in [-0.25, -0.2) is 9.50 Å². The zero-order valence-corrected chi connectivity index (χ0v) is 10.3. The van der Waals surface area contributed by atoms with Crippen molar-refractivity contribution in [2.75, 3.05) is 6.54 Å². The Balaban J connectivity index is 2.00. The van der Waals surface area contributed by atoms with Gasteiger partial charge in [-0.2, -0.15) is 5.10 Å². The van der Waals surface area contributed by atoms with Gasteiger partial charge in [0.2, 0.25) is 0 Å². The van der Waals surface area contributed by atoms with Crippen LogP contribution in [0.1, 0.15) is 50.0 Å². The molecular weight excluding hydrogens is 212 g/mol. The Morgan fingerprint density at radius 2 is 2.29 bits per heavy atom. The fourth-order valence-corrected chi connectivity index (χ4v) is 2.34. The molecule has 1 aliphatic rings. The topological polar surface area (TPSA) is 42.2 Å². The van der Waals surface area contributed by atoms with Crippen molar-refractivity contribution in [3.63, 3.8) is 0 Å². The molecule has 0 bridgehead atoms. The predicted octanol–water partition coefficient (Wildman–Crippen LogP) is 2.28. The predicted molar refractivity (Wildman–Crippen MR) is 67.1 cm³/mol. The zero-order valence-electron chi connectivity index (χ0n) is 10.3. The normalized spacial score (nSPS) is 20.5. The first kappa shape index (κ1) is 10.7. The molecule has 0 radical (unpaired) electrons. The van der Waals surface area contributed by atoms with E-state index in [-0.39, 0.29) is 0 Å². The summed E-state index contributed by atoms with van der Waals surface area (Å²) >= 11 is 0. The van der Waals surface area contributed by atoms with Crippen molar-refractivity contribution < 1.29 is 0 Å². The molecule has 1 unspecified atom stereocenters. The molecule has 90 valence electrons. The van der Waals surface area contributed by atoms with Gasteiger partial charge in [-0.05, 0) is 31.0 Å². The monoisotopic (exact) mass is 230 g/mol. The molecule has 1 atom stereocenters. The average Bonchev–Trinajstić information content (AvgIpc) is 2.97. The second-order valence-corrected chi connectivity index (χ2v) is 5.04. The summed E-state index contributed by atoms with van der Waals surface area (Å²) in [6.07, 6.45) is 4.59. The first-order chi connectivity index (χ1) is 8.24. The molecule has 1 aliphatic heterocycles. The van der Waals surface area contributed by atoms with Gasteiger partial charge in [-0.15, -0.1) is 0 Å². The van der Waals surface area contributed by atoms with Crippen LogP contribution >= 0.6 is 0 Å². The summed E-state index contributed by atoms with van der Waals surface area (Å²) in [5.41, 5.74) is 2.26. The van der Waals surface area contributed by atoms with E-state index in [9.17, 15) is 0 Å². The van der Waals surface area contributed by atoms with E-state index >= 15 is 0 Å². The van der Waals surface area contributed by atoms with E-state index in [1.807, 2.05) is 4.52 Å². The Hall–Kier alpha value is -1.42. The minimum absolute atomic E-state index is 0.378. The van der Waals surface area contributed by atoms with Gasteiger partial charge in [0.1, 0.15) is 0 Å². The van der Waals surface area contributed by atoms with Crippen molar-refractivity contribution in [1.29, 1.82) is 0 Å². The van der Waals surface area contributed by atoms with Gasteiger partial charge in [0, 0.05) is 18.2 Å². The Morgan fingerprint density at radius 1 is 1.41 bits per heavy atom. The summed E-state index contributed by atoms with van der Waals surface area (Å²) in [4.78, 5) is 4.51. The van der Waals surface area contributed by atoms with Crippen molar-refractivity contribution in [2.45, 2.75) is 38.6 Å². The van der Waals surface area contributed by atoms with Crippen LogP contribution in [-0.2, 0) is 0 Å². The van der Waals surface area contributed by atoms with Crippen LogP contribution in [0.2, 0.25) is 0 Å². The van der Waals surface area contributed by atoms with Crippen LogP contribution in [0.25, 0.3) is 5.65 Å². The maximum absolute atomic E-state index is 4.52. The number of aromatic nitrogens is 3. The van der Waals surface area contributed by atoms with Gasteiger partial charge >= 0.3 is 0 Å². The number of hydrogen-bond donors (Lipinski definition) is 1. The van der Waals surface area contributed by atoms with E-state index in [1.54, 1.807) is 0 Å². The third-order valence-electron chi connectivity index (χ3n) is 3.35. The summed E-state index contributed by atoms with van der Waals surface area (Å²) in [7, 11) is 0. The Labute approximate surface area is 101 Å². The summed E-state index contributed by atoms with van der Waals surface area (Å²) in [6, 6.07) is 4.72. The van der Waals surface area contributed by atoms with E-state index in [0.29, 0.717) is 12.0 Å². The number of rotatable bonds is 2. The second-order valence-electron chi connectivity index (χ2n) is 5.04. The summed E-state index contributed by atoms with van der Waals surface area (Å²) in [5.74, 6) is 1.30.